The Morgan fingerprint density at radius 2 is 0.946 bits per heavy atom. The van der Waals surface area contributed by atoms with Crippen LogP contribution in [0.3, 0.4) is 0 Å². The Kier molecular flexibility index (Phi) is 5.18. The van der Waals surface area contributed by atoms with Gasteiger partial charge in [-0.3, -0.25) is 8.80 Å². The SMILES string of the molecule is c1ccc2c(c1)nc1c3ccc(-c4ccc5c(c4)nc4c6ccccc6c6ccc7c8ccccc8oc7c6n54)cc3c3ccc4oc5ccccc5c4c3n21. The molecule has 14 rings (SSSR count). The summed E-state index contributed by atoms with van der Waals surface area (Å²) >= 11 is 0. The minimum atomic E-state index is 0.866. The van der Waals surface area contributed by atoms with Crippen LogP contribution in [0.5, 0.6) is 0 Å². The number of hydrogen-bond donors (Lipinski definition) is 0. The number of fused-ring (bicyclic) bond motifs is 24. The summed E-state index contributed by atoms with van der Waals surface area (Å²) in [5.74, 6) is 0. The third-order valence-electron chi connectivity index (χ3n) is 12.0. The number of nitrogens with zero attached hydrogens (tertiary/aromatic N) is 4. The van der Waals surface area contributed by atoms with Crippen molar-refractivity contribution < 1.29 is 8.83 Å². The number of aromatic nitrogens is 4. The van der Waals surface area contributed by atoms with Gasteiger partial charge in [-0.15, -0.1) is 0 Å². The van der Waals surface area contributed by atoms with Crippen molar-refractivity contribution >= 4 is 121 Å². The van der Waals surface area contributed by atoms with E-state index in [4.69, 9.17) is 18.8 Å². The standard InChI is InChI=1S/C50H26N4O2/c1-2-11-34-29(9-1)31-20-21-33-30-10-3-7-15-42(30)56-48(33)47(31)54-41-23-18-28(26-39(41)52-49(34)54)27-17-19-35-37(25-27)32-22-24-44-45(36-12-4-8-16-43(36)55-44)46(32)53-40-14-6-5-13-38(40)51-50(35)53/h1-26H. The summed E-state index contributed by atoms with van der Waals surface area (Å²) in [6.07, 6.45) is 0. The fourth-order valence-corrected chi connectivity index (χ4v) is 9.62. The van der Waals surface area contributed by atoms with Crippen LogP contribution in [0.4, 0.5) is 0 Å². The van der Waals surface area contributed by atoms with E-state index in [1.807, 2.05) is 24.3 Å². The van der Waals surface area contributed by atoms with E-state index >= 15 is 0 Å². The average molecular weight is 715 g/mol. The first-order valence-corrected chi connectivity index (χ1v) is 18.9. The molecule has 0 unspecified atom stereocenters. The molecule has 0 aliphatic carbocycles. The smallest absolute Gasteiger partial charge is 0.160 e. The molecule has 0 aliphatic rings. The number of para-hydroxylation sites is 4. The second kappa shape index (κ2) is 10.1. The molecule has 6 nitrogen and oxygen atoms in total. The Labute approximate surface area is 316 Å². The fourth-order valence-electron chi connectivity index (χ4n) is 9.62. The highest BCUT2D eigenvalue weighted by Crippen LogP contribution is 2.43. The number of benzene rings is 8. The van der Waals surface area contributed by atoms with Gasteiger partial charge in [0.05, 0.1) is 38.5 Å². The molecule has 14 aromatic rings. The zero-order chi connectivity index (χ0) is 36.2. The molecule has 0 radical (unpaired) electrons. The van der Waals surface area contributed by atoms with Crippen LogP contribution >= 0.6 is 0 Å². The van der Waals surface area contributed by atoms with Crippen LogP contribution in [0.1, 0.15) is 0 Å². The summed E-state index contributed by atoms with van der Waals surface area (Å²) in [5.41, 5.74) is 13.7. The molecule has 6 aromatic heterocycles. The van der Waals surface area contributed by atoms with E-state index in [9.17, 15) is 0 Å². The molecule has 0 aliphatic heterocycles. The lowest BCUT2D eigenvalue weighted by Gasteiger charge is -2.12. The number of pyridine rings is 2. The van der Waals surface area contributed by atoms with Crippen LogP contribution in [0.25, 0.3) is 132 Å². The molecule has 0 amide bonds. The van der Waals surface area contributed by atoms with E-state index in [-0.39, 0.29) is 0 Å². The largest absolute Gasteiger partial charge is 0.456 e. The number of furan rings is 2. The molecular weight excluding hydrogens is 689 g/mol. The van der Waals surface area contributed by atoms with E-state index in [0.29, 0.717) is 0 Å². The Hall–Kier alpha value is -7.70. The highest BCUT2D eigenvalue weighted by Gasteiger charge is 2.22. The van der Waals surface area contributed by atoms with E-state index in [1.54, 1.807) is 0 Å². The van der Waals surface area contributed by atoms with Gasteiger partial charge >= 0.3 is 0 Å². The minimum absolute atomic E-state index is 0.866. The summed E-state index contributed by atoms with van der Waals surface area (Å²) in [4.78, 5) is 10.6. The van der Waals surface area contributed by atoms with E-state index in [1.165, 1.54) is 0 Å². The lowest BCUT2D eigenvalue weighted by atomic mass is 9.97. The van der Waals surface area contributed by atoms with Gasteiger partial charge in [0.15, 0.2) is 5.58 Å². The highest BCUT2D eigenvalue weighted by atomic mass is 16.3. The first kappa shape index (κ1) is 28.8. The van der Waals surface area contributed by atoms with E-state index < -0.39 is 0 Å². The molecule has 6 heterocycles. The lowest BCUT2D eigenvalue weighted by Crippen LogP contribution is -1.93. The van der Waals surface area contributed by atoms with Crippen LogP contribution < -0.4 is 0 Å². The maximum atomic E-state index is 6.64. The fraction of sp³-hybridized carbons (Fsp3) is 0. The van der Waals surface area contributed by atoms with Crippen LogP contribution in [0.2, 0.25) is 0 Å². The van der Waals surface area contributed by atoms with E-state index in [2.05, 4.69) is 142 Å². The first-order chi connectivity index (χ1) is 27.8. The molecule has 0 bridgehead atoms. The quantitative estimate of drug-likeness (QED) is 0.159. The molecule has 0 saturated carbocycles. The highest BCUT2D eigenvalue weighted by molar-refractivity contribution is 6.26. The molecule has 0 spiro atoms. The molecule has 56 heavy (non-hydrogen) atoms. The van der Waals surface area contributed by atoms with Gasteiger partial charge in [-0.05, 0) is 88.6 Å². The summed E-state index contributed by atoms with van der Waals surface area (Å²) < 4.78 is 17.7. The van der Waals surface area contributed by atoms with Crippen molar-refractivity contribution in [2.45, 2.75) is 0 Å². The van der Waals surface area contributed by atoms with Gasteiger partial charge in [0.2, 0.25) is 0 Å². The third-order valence-corrected chi connectivity index (χ3v) is 12.0. The Morgan fingerprint density at radius 3 is 1.84 bits per heavy atom. The van der Waals surface area contributed by atoms with Crippen LogP contribution in [-0.4, -0.2) is 18.8 Å². The molecule has 8 aromatic carbocycles. The Balaban J connectivity index is 1.07. The molecule has 0 saturated heterocycles. The van der Waals surface area contributed by atoms with Crippen molar-refractivity contribution in [1.82, 2.24) is 18.8 Å². The minimum Gasteiger partial charge on any atom is -0.456 e. The van der Waals surface area contributed by atoms with Crippen molar-refractivity contribution in [3.8, 4) is 11.1 Å². The summed E-state index contributed by atoms with van der Waals surface area (Å²) in [5, 5.41) is 11.2. The van der Waals surface area contributed by atoms with Gasteiger partial charge in [-0.2, -0.15) is 0 Å². The predicted octanol–water partition coefficient (Wildman–Crippen LogP) is 13.4. The molecule has 258 valence electrons. The summed E-state index contributed by atoms with van der Waals surface area (Å²) in [6, 6.07) is 55.8. The topological polar surface area (TPSA) is 60.9 Å². The number of hydrogen-bond acceptors (Lipinski definition) is 4. The van der Waals surface area contributed by atoms with E-state index in [0.717, 1.165) is 132 Å². The van der Waals surface area contributed by atoms with Gasteiger partial charge in [0.25, 0.3) is 0 Å². The van der Waals surface area contributed by atoms with Crippen LogP contribution in [0, 0.1) is 0 Å². The average Bonchev–Trinajstić information content (AvgIpc) is 4.03. The molecular formula is C50H26N4O2. The molecule has 0 atom stereocenters. The van der Waals surface area contributed by atoms with Crippen molar-refractivity contribution in [3.05, 3.63) is 158 Å². The monoisotopic (exact) mass is 714 g/mol. The second-order valence-electron chi connectivity index (χ2n) is 14.9. The molecule has 0 N–H and O–H groups in total. The van der Waals surface area contributed by atoms with Crippen LogP contribution in [-0.2, 0) is 0 Å². The first-order valence-electron chi connectivity index (χ1n) is 18.9. The molecule has 0 fully saturated rings. The zero-order valence-electron chi connectivity index (χ0n) is 29.6. The van der Waals surface area contributed by atoms with Gasteiger partial charge in [-0.25, -0.2) is 9.97 Å². The Morgan fingerprint density at radius 1 is 0.357 bits per heavy atom. The number of rotatable bonds is 1. The van der Waals surface area contributed by atoms with Gasteiger partial charge in [0, 0.05) is 37.7 Å². The Bertz CT molecular complexity index is 4070. The third kappa shape index (κ3) is 3.52. The maximum absolute atomic E-state index is 6.64. The van der Waals surface area contributed by atoms with Crippen molar-refractivity contribution in [2.24, 2.45) is 0 Å². The predicted molar refractivity (Wildman–Crippen MR) is 229 cm³/mol. The summed E-state index contributed by atoms with van der Waals surface area (Å²) in [6.45, 7) is 0. The van der Waals surface area contributed by atoms with Crippen molar-refractivity contribution in [1.29, 1.82) is 0 Å². The maximum Gasteiger partial charge on any atom is 0.160 e. The van der Waals surface area contributed by atoms with Crippen molar-refractivity contribution in [2.75, 3.05) is 0 Å². The van der Waals surface area contributed by atoms with Crippen LogP contribution in [0.15, 0.2) is 167 Å². The molecule has 6 heteroatoms. The number of imidazole rings is 2. The lowest BCUT2D eigenvalue weighted by molar-refractivity contribution is 0.669. The van der Waals surface area contributed by atoms with Gasteiger partial charge in [0.1, 0.15) is 28.0 Å². The zero-order valence-corrected chi connectivity index (χ0v) is 29.6. The normalized spacial score (nSPS) is 12.6. The van der Waals surface area contributed by atoms with Crippen molar-refractivity contribution in [3.63, 3.8) is 0 Å². The van der Waals surface area contributed by atoms with Gasteiger partial charge < -0.3 is 8.83 Å². The summed E-state index contributed by atoms with van der Waals surface area (Å²) in [7, 11) is 0. The van der Waals surface area contributed by atoms with Gasteiger partial charge in [-0.1, -0.05) is 91.0 Å². The second-order valence-corrected chi connectivity index (χ2v) is 14.9.